The van der Waals surface area contributed by atoms with E-state index in [1.165, 1.54) is 0 Å². The highest BCUT2D eigenvalue weighted by Crippen LogP contribution is 2.39. The lowest BCUT2D eigenvalue weighted by Crippen LogP contribution is -2.42. The Morgan fingerprint density at radius 2 is 2.06 bits per heavy atom. The third-order valence-corrected chi connectivity index (χ3v) is 6.30. The highest BCUT2D eigenvalue weighted by atomic mass is 32.1. The number of nitrogens with one attached hydrogen (secondary N) is 1. The Kier molecular flexibility index (Phi) is 8.05. The molecule has 2 aromatic heterocycles. The van der Waals surface area contributed by atoms with Crippen LogP contribution in [0, 0.1) is 0 Å². The van der Waals surface area contributed by atoms with Crippen LogP contribution in [0.4, 0.5) is 27.8 Å². The summed E-state index contributed by atoms with van der Waals surface area (Å²) in [6.07, 6.45) is -4.23. The van der Waals surface area contributed by atoms with Crippen LogP contribution in [0.1, 0.15) is 65.4 Å². The van der Waals surface area contributed by atoms with E-state index in [2.05, 4.69) is 9.97 Å². The van der Waals surface area contributed by atoms with Crippen molar-refractivity contribution < 1.29 is 36.3 Å². The number of thiazole rings is 1. The average Bonchev–Trinajstić information content (AvgIpc) is 3.22. The quantitative estimate of drug-likeness (QED) is 0.405. The molecule has 0 spiro atoms. The molecule has 3 rings (SSSR count). The molecular weight excluding hydrogens is 483 g/mol. The third kappa shape index (κ3) is 5.99. The number of anilines is 1. The van der Waals surface area contributed by atoms with Gasteiger partial charge in [0.05, 0.1) is 11.5 Å². The zero-order chi connectivity index (χ0) is 25.0. The normalized spacial score (nSPS) is 16.6. The summed E-state index contributed by atoms with van der Waals surface area (Å²) in [7, 11) is 0. The number of hydrogen-bond acceptors (Lipinski definition) is 7. The molecule has 1 amide bonds. The molecule has 0 bridgehead atoms. The van der Waals surface area contributed by atoms with Gasteiger partial charge in [0.2, 0.25) is 5.01 Å². The summed E-state index contributed by atoms with van der Waals surface area (Å²) in [5, 5.41) is 1.77. The number of carbonyl (C=O) groups excluding carboxylic acids is 2. The zero-order valence-electron chi connectivity index (χ0n) is 18.4. The Balaban J connectivity index is 2.07. The van der Waals surface area contributed by atoms with Crippen molar-refractivity contribution in [2.24, 2.45) is 0 Å². The number of esters is 1. The molecule has 1 aliphatic heterocycles. The lowest BCUT2D eigenvalue weighted by Gasteiger charge is -2.33. The largest absolute Gasteiger partial charge is 0.461 e. The van der Waals surface area contributed by atoms with E-state index in [0.717, 1.165) is 31.5 Å². The van der Waals surface area contributed by atoms with E-state index in [0.29, 0.717) is 17.9 Å². The molecule has 13 heteroatoms. The second-order valence-electron chi connectivity index (χ2n) is 7.69. The Morgan fingerprint density at radius 3 is 2.68 bits per heavy atom. The molecule has 1 N–H and O–H groups in total. The maximum absolute atomic E-state index is 13.9. The van der Waals surface area contributed by atoms with Crippen LogP contribution in [-0.2, 0) is 4.74 Å². The van der Waals surface area contributed by atoms with Crippen molar-refractivity contribution in [3.05, 3.63) is 28.5 Å². The smallest absolute Gasteiger partial charge is 0.405 e. The molecule has 1 saturated heterocycles. The molecule has 0 radical (unpaired) electrons. The van der Waals surface area contributed by atoms with E-state index in [1.54, 1.807) is 11.8 Å². The molecule has 0 saturated carbocycles. The van der Waals surface area contributed by atoms with E-state index >= 15 is 0 Å². The van der Waals surface area contributed by atoms with Crippen LogP contribution in [-0.4, -0.2) is 58.7 Å². The highest BCUT2D eigenvalue weighted by Gasteiger charge is 2.32. The number of aromatic nitrogens is 2. The lowest BCUT2D eigenvalue weighted by molar-refractivity contribution is -0.115. The number of piperidine rings is 1. The SMILES string of the molecule is CCOC(=O)c1nc(C(=O)N2CCCCC2C)c(-c2cnc(NCC(F)(F)F)cc2C(F)F)s1. The van der Waals surface area contributed by atoms with E-state index in [4.69, 9.17) is 4.74 Å². The van der Waals surface area contributed by atoms with Crippen LogP contribution in [0.5, 0.6) is 0 Å². The lowest BCUT2D eigenvalue weighted by atomic mass is 10.0. The van der Waals surface area contributed by atoms with E-state index in [9.17, 15) is 31.5 Å². The monoisotopic (exact) mass is 506 g/mol. The first-order valence-electron chi connectivity index (χ1n) is 10.6. The summed E-state index contributed by atoms with van der Waals surface area (Å²) in [6.45, 7) is 2.49. The van der Waals surface area contributed by atoms with Crippen LogP contribution in [0.15, 0.2) is 12.3 Å². The molecular formula is C21H23F5N4O3S. The predicted molar refractivity (Wildman–Crippen MR) is 115 cm³/mol. The van der Waals surface area contributed by atoms with Crippen LogP contribution in [0.3, 0.4) is 0 Å². The van der Waals surface area contributed by atoms with Crippen LogP contribution >= 0.6 is 11.3 Å². The molecule has 1 atom stereocenters. The number of pyridine rings is 1. The van der Waals surface area contributed by atoms with Gasteiger partial charge in [-0.3, -0.25) is 4.79 Å². The van der Waals surface area contributed by atoms with E-state index in [1.807, 2.05) is 12.2 Å². The van der Waals surface area contributed by atoms with Gasteiger partial charge in [-0.25, -0.2) is 23.5 Å². The number of halogens is 5. The second-order valence-corrected chi connectivity index (χ2v) is 8.69. The topological polar surface area (TPSA) is 84.4 Å². The van der Waals surface area contributed by atoms with E-state index < -0.39 is 42.4 Å². The zero-order valence-corrected chi connectivity index (χ0v) is 19.2. The van der Waals surface area contributed by atoms with Gasteiger partial charge in [-0.1, -0.05) is 0 Å². The average molecular weight is 506 g/mol. The van der Waals surface area contributed by atoms with Crippen molar-refractivity contribution >= 4 is 29.0 Å². The fourth-order valence-corrected chi connectivity index (χ4v) is 4.57. The number of hydrogen-bond donors (Lipinski definition) is 1. The van der Waals surface area contributed by atoms with Gasteiger partial charge in [0.25, 0.3) is 12.3 Å². The van der Waals surface area contributed by atoms with Crippen molar-refractivity contribution in [3.63, 3.8) is 0 Å². The fourth-order valence-electron chi connectivity index (χ4n) is 3.59. The number of ether oxygens (including phenoxy) is 1. The molecule has 34 heavy (non-hydrogen) atoms. The summed E-state index contributed by atoms with van der Waals surface area (Å²) < 4.78 is 70.3. The molecule has 0 aliphatic carbocycles. The molecule has 7 nitrogen and oxygen atoms in total. The minimum Gasteiger partial charge on any atom is -0.461 e. The Morgan fingerprint density at radius 1 is 1.32 bits per heavy atom. The second kappa shape index (κ2) is 10.6. The standard InChI is InChI=1S/C21H23F5N4O3S/c1-3-33-20(32)18-29-15(19(31)30-7-5-4-6-11(30)2)16(34-18)13-9-27-14(8-12(13)17(22)23)28-10-21(24,25)26/h8-9,11,17H,3-7,10H2,1-2H3,(H,27,28). The molecule has 1 fully saturated rings. The summed E-state index contributed by atoms with van der Waals surface area (Å²) in [6, 6.07) is 0.691. The number of rotatable bonds is 7. The van der Waals surface area contributed by atoms with Gasteiger partial charge in [0.15, 0.2) is 0 Å². The van der Waals surface area contributed by atoms with Crippen LogP contribution < -0.4 is 5.32 Å². The Hall–Kier alpha value is -2.83. The number of amides is 1. The number of carbonyl (C=O) groups is 2. The van der Waals surface area contributed by atoms with Crippen molar-refractivity contribution in [1.29, 1.82) is 0 Å². The molecule has 186 valence electrons. The first kappa shape index (κ1) is 25.8. The van der Waals surface area contributed by atoms with Crippen LogP contribution in [0.2, 0.25) is 0 Å². The van der Waals surface area contributed by atoms with Crippen molar-refractivity contribution in [2.45, 2.75) is 51.8 Å². The van der Waals surface area contributed by atoms with Gasteiger partial charge >= 0.3 is 12.1 Å². The summed E-state index contributed by atoms with van der Waals surface area (Å²) in [5.41, 5.74) is -1.02. The Bertz CT molecular complexity index is 1040. The minimum absolute atomic E-state index is 0.0176. The summed E-state index contributed by atoms with van der Waals surface area (Å²) in [5.74, 6) is -1.73. The summed E-state index contributed by atoms with van der Waals surface area (Å²) in [4.78, 5) is 35.1. The summed E-state index contributed by atoms with van der Waals surface area (Å²) >= 11 is 0.702. The van der Waals surface area contributed by atoms with Crippen LogP contribution in [0.25, 0.3) is 10.4 Å². The highest BCUT2D eigenvalue weighted by molar-refractivity contribution is 7.17. The minimum atomic E-state index is -4.57. The maximum Gasteiger partial charge on any atom is 0.405 e. The molecule has 3 heterocycles. The number of nitrogens with zero attached hydrogens (tertiary/aromatic N) is 3. The van der Waals surface area contributed by atoms with E-state index in [-0.39, 0.29) is 33.8 Å². The molecule has 0 aromatic carbocycles. The van der Waals surface area contributed by atoms with Crippen molar-refractivity contribution in [2.75, 3.05) is 25.0 Å². The van der Waals surface area contributed by atoms with Gasteiger partial charge in [0, 0.05) is 29.9 Å². The molecule has 1 unspecified atom stereocenters. The van der Waals surface area contributed by atoms with Crippen molar-refractivity contribution in [1.82, 2.24) is 14.9 Å². The van der Waals surface area contributed by atoms with Gasteiger partial charge in [-0.15, -0.1) is 11.3 Å². The fraction of sp³-hybridized carbons (Fsp3) is 0.524. The Labute approximate surface area is 196 Å². The van der Waals surface area contributed by atoms with Gasteiger partial charge in [-0.05, 0) is 39.2 Å². The van der Waals surface area contributed by atoms with Gasteiger partial charge in [0.1, 0.15) is 18.1 Å². The maximum atomic E-state index is 13.9. The first-order valence-corrected chi connectivity index (χ1v) is 11.4. The van der Waals surface area contributed by atoms with Gasteiger partial charge < -0.3 is 15.0 Å². The van der Waals surface area contributed by atoms with Crippen molar-refractivity contribution in [3.8, 4) is 10.4 Å². The first-order chi connectivity index (χ1) is 16.0. The number of alkyl halides is 5. The number of likely N-dealkylation sites (tertiary alicyclic amines) is 1. The van der Waals surface area contributed by atoms with Gasteiger partial charge in [-0.2, -0.15) is 13.2 Å². The predicted octanol–water partition coefficient (Wildman–Crippen LogP) is 5.31. The third-order valence-electron chi connectivity index (χ3n) is 5.23. The molecule has 1 aliphatic rings. The molecule has 2 aromatic rings.